The molecule has 1 fully saturated rings. The number of aliphatic hydroxyl groups is 1. The fourth-order valence-corrected chi connectivity index (χ4v) is 2.84. The van der Waals surface area contributed by atoms with Gasteiger partial charge in [0.1, 0.15) is 0 Å². The van der Waals surface area contributed by atoms with Crippen molar-refractivity contribution in [1.29, 1.82) is 0 Å². The lowest BCUT2D eigenvalue weighted by Crippen LogP contribution is -2.40. The molecule has 25 heavy (non-hydrogen) atoms. The van der Waals surface area contributed by atoms with Gasteiger partial charge in [-0.1, -0.05) is 17.7 Å². The van der Waals surface area contributed by atoms with Crippen LogP contribution in [0.5, 0.6) is 0 Å². The van der Waals surface area contributed by atoms with Gasteiger partial charge in [0, 0.05) is 26.1 Å². The number of β-amino-alcohol motifs (C(OH)–C–C–N with tert-alkyl or cyclic N) is 1. The maximum absolute atomic E-state index is 12.0. The monoisotopic (exact) mass is 480 g/mol. The number of amides is 1. The van der Waals surface area contributed by atoms with Crippen molar-refractivity contribution in [3.8, 4) is 0 Å². The largest absolute Gasteiger partial charge is 0.391 e. The van der Waals surface area contributed by atoms with Crippen LogP contribution in [0.25, 0.3) is 0 Å². The van der Waals surface area contributed by atoms with Gasteiger partial charge in [0.15, 0.2) is 5.96 Å². The van der Waals surface area contributed by atoms with Crippen molar-refractivity contribution in [2.45, 2.75) is 32.8 Å². The third kappa shape index (κ3) is 6.99. The average molecular weight is 481 g/mol. The summed E-state index contributed by atoms with van der Waals surface area (Å²) in [5.41, 5.74) is 1.66. The average Bonchev–Trinajstić information content (AvgIpc) is 2.96. The number of aliphatic imine (C=N–C) groups is 1. The molecule has 1 aliphatic rings. The predicted octanol–water partition coefficient (Wildman–Crippen LogP) is 2.63. The molecule has 8 heteroatoms. The van der Waals surface area contributed by atoms with Crippen molar-refractivity contribution in [2.24, 2.45) is 4.99 Å². The third-order valence-electron chi connectivity index (χ3n) is 3.80. The second-order valence-corrected chi connectivity index (χ2v) is 6.31. The molecule has 1 atom stereocenters. The third-order valence-corrected chi connectivity index (χ3v) is 4.11. The minimum absolute atomic E-state index is 0. The number of hydrogen-bond acceptors (Lipinski definition) is 3. The molecular weight excluding hydrogens is 455 g/mol. The van der Waals surface area contributed by atoms with Gasteiger partial charge in [-0.05, 0) is 38.0 Å². The summed E-state index contributed by atoms with van der Waals surface area (Å²) in [5.74, 6) is 0.622. The Labute approximate surface area is 171 Å². The first kappa shape index (κ1) is 22.0. The van der Waals surface area contributed by atoms with E-state index in [0.29, 0.717) is 23.8 Å². The van der Waals surface area contributed by atoms with E-state index in [1.54, 1.807) is 6.07 Å². The minimum Gasteiger partial charge on any atom is -0.391 e. The van der Waals surface area contributed by atoms with Crippen LogP contribution in [0.15, 0.2) is 23.2 Å². The molecule has 1 aliphatic heterocycles. The zero-order valence-electron chi connectivity index (χ0n) is 14.6. The molecule has 1 heterocycles. The van der Waals surface area contributed by atoms with E-state index in [2.05, 4.69) is 15.6 Å². The van der Waals surface area contributed by atoms with E-state index in [1.165, 1.54) is 0 Å². The zero-order chi connectivity index (χ0) is 17.5. The molecule has 140 valence electrons. The first-order chi connectivity index (χ1) is 11.5. The van der Waals surface area contributed by atoms with Gasteiger partial charge >= 0.3 is 0 Å². The van der Waals surface area contributed by atoms with Gasteiger partial charge < -0.3 is 20.6 Å². The van der Waals surface area contributed by atoms with E-state index in [-0.39, 0.29) is 42.4 Å². The summed E-state index contributed by atoms with van der Waals surface area (Å²) in [7, 11) is 0. The van der Waals surface area contributed by atoms with Crippen molar-refractivity contribution >= 4 is 53.1 Å². The van der Waals surface area contributed by atoms with Crippen LogP contribution in [0.1, 0.15) is 25.3 Å². The van der Waals surface area contributed by atoms with Crippen LogP contribution in [-0.4, -0.2) is 54.2 Å². The molecule has 0 unspecified atom stereocenters. The lowest BCUT2D eigenvalue weighted by atomic mass is 10.2. The van der Waals surface area contributed by atoms with E-state index in [9.17, 15) is 9.90 Å². The van der Waals surface area contributed by atoms with Crippen molar-refractivity contribution in [1.82, 2.24) is 10.2 Å². The van der Waals surface area contributed by atoms with Crippen LogP contribution in [0.3, 0.4) is 0 Å². The van der Waals surface area contributed by atoms with Gasteiger partial charge in [-0.3, -0.25) is 9.79 Å². The number of rotatable bonds is 5. The Morgan fingerprint density at radius 2 is 2.24 bits per heavy atom. The molecule has 1 aromatic rings. The number of guanidine groups is 1. The number of hydrogen-bond donors (Lipinski definition) is 3. The molecule has 0 saturated carbocycles. The van der Waals surface area contributed by atoms with Gasteiger partial charge in [-0.25, -0.2) is 0 Å². The lowest BCUT2D eigenvalue weighted by molar-refractivity contribution is -0.116. The molecular formula is C17H26ClIN4O2. The number of carbonyl (C=O) groups is 1. The molecule has 0 radical (unpaired) electrons. The Hall–Kier alpha value is -1.06. The van der Waals surface area contributed by atoms with Crippen LogP contribution in [-0.2, 0) is 4.79 Å². The SMILES string of the molecule is CCNC(=NCCC(=O)Nc1ccc(C)cc1Cl)N1CC[C@@H](O)C1.I. The second kappa shape index (κ2) is 10.8. The molecule has 6 nitrogen and oxygen atoms in total. The number of nitrogens with zero attached hydrogens (tertiary/aromatic N) is 2. The van der Waals surface area contributed by atoms with Crippen LogP contribution < -0.4 is 10.6 Å². The number of carbonyl (C=O) groups excluding carboxylic acids is 1. The molecule has 0 bridgehead atoms. The molecule has 1 saturated heterocycles. The van der Waals surface area contributed by atoms with Gasteiger partial charge in [-0.2, -0.15) is 0 Å². The summed E-state index contributed by atoms with van der Waals surface area (Å²) in [4.78, 5) is 18.5. The Morgan fingerprint density at radius 1 is 1.48 bits per heavy atom. The Morgan fingerprint density at radius 3 is 2.84 bits per heavy atom. The van der Waals surface area contributed by atoms with Crippen LogP contribution in [0, 0.1) is 6.92 Å². The number of halogens is 2. The molecule has 0 aromatic heterocycles. The second-order valence-electron chi connectivity index (χ2n) is 5.91. The maximum Gasteiger partial charge on any atom is 0.226 e. The number of aryl methyl sites for hydroxylation is 1. The Bertz CT molecular complexity index is 612. The summed E-state index contributed by atoms with van der Waals surface area (Å²) < 4.78 is 0. The number of benzene rings is 1. The smallest absolute Gasteiger partial charge is 0.226 e. The highest BCUT2D eigenvalue weighted by atomic mass is 127. The Kier molecular flexibility index (Phi) is 9.52. The summed E-state index contributed by atoms with van der Waals surface area (Å²) >= 11 is 6.12. The van der Waals surface area contributed by atoms with E-state index >= 15 is 0 Å². The fourth-order valence-electron chi connectivity index (χ4n) is 2.56. The Balaban J connectivity index is 0.00000312. The molecule has 1 aromatic carbocycles. The number of aliphatic hydroxyl groups excluding tert-OH is 1. The first-order valence-electron chi connectivity index (χ1n) is 8.27. The van der Waals surface area contributed by atoms with Crippen molar-refractivity contribution in [2.75, 3.05) is 31.5 Å². The normalized spacial score (nSPS) is 17.2. The lowest BCUT2D eigenvalue weighted by Gasteiger charge is -2.20. The summed E-state index contributed by atoms with van der Waals surface area (Å²) in [6.07, 6.45) is 0.715. The quantitative estimate of drug-likeness (QED) is 0.344. The minimum atomic E-state index is -0.305. The van der Waals surface area contributed by atoms with E-state index < -0.39 is 0 Å². The van der Waals surface area contributed by atoms with Gasteiger partial charge in [0.05, 0.1) is 23.4 Å². The van der Waals surface area contributed by atoms with Gasteiger partial charge in [0.2, 0.25) is 5.91 Å². The number of nitrogens with one attached hydrogen (secondary N) is 2. The highest BCUT2D eigenvalue weighted by Crippen LogP contribution is 2.22. The summed E-state index contributed by atoms with van der Waals surface area (Å²) in [6, 6.07) is 5.52. The van der Waals surface area contributed by atoms with Crippen LogP contribution in [0.4, 0.5) is 5.69 Å². The van der Waals surface area contributed by atoms with E-state index in [4.69, 9.17) is 11.6 Å². The highest BCUT2D eigenvalue weighted by Gasteiger charge is 2.22. The van der Waals surface area contributed by atoms with E-state index in [0.717, 1.165) is 31.0 Å². The first-order valence-corrected chi connectivity index (χ1v) is 8.64. The molecule has 1 amide bonds. The van der Waals surface area contributed by atoms with Crippen LogP contribution >= 0.6 is 35.6 Å². The van der Waals surface area contributed by atoms with Crippen LogP contribution in [0.2, 0.25) is 5.02 Å². The predicted molar refractivity (Wildman–Crippen MR) is 113 cm³/mol. The zero-order valence-corrected chi connectivity index (χ0v) is 17.7. The van der Waals surface area contributed by atoms with Crippen molar-refractivity contribution < 1.29 is 9.90 Å². The highest BCUT2D eigenvalue weighted by molar-refractivity contribution is 14.0. The number of anilines is 1. The fraction of sp³-hybridized carbons (Fsp3) is 0.529. The summed E-state index contributed by atoms with van der Waals surface area (Å²) in [5, 5.41) is 16.2. The maximum atomic E-state index is 12.0. The van der Waals surface area contributed by atoms with Crippen molar-refractivity contribution in [3.05, 3.63) is 28.8 Å². The molecule has 3 N–H and O–H groups in total. The van der Waals surface area contributed by atoms with E-state index in [1.807, 2.05) is 30.9 Å². The molecule has 0 spiro atoms. The van der Waals surface area contributed by atoms with Gasteiger partial charge in [-0.15, -0.1) is 24.0 Å². The van der Waals surface area contributed by atoms with Crippen molar-refractivity contribution in [3.63, 3.8) is 0 Å². The topological polar surface area (TPSA) is 77.0 Å². The van der Waals surface area contributed by atoms with Gasteiger partial charge in [0.25, 0.3) is 0 Å². The number of likely N-dealkylation sites (tertiary alicyclic amines) is 1. The summed E-state index contributed by atoms with van der Waals surface area (Å²) in [6.45, 7) is 6.42. The standard InChI is InChI=1S/C17H25ClN4O2.HI/c1-3-19-17(22-9-7-13(23)11-22)20-8-6-16(24)21-15-5-4-12(2)10-14(15)18;/h4-5,10,13,23H,3,6-9,11H2,1-2H3,(H,19,20)(H,21,24);1H/t13-;/m1./s1. The molecule has 0 aliphatic carbocycles. The molecule has 2 rings (SSSR count).